The van der Waals surface area contributed by atoms with Crippen molar-refractivity contribution in [3.05, 3.63) is 52.1 Å². The number of phenols is 2. The van der Waals surface area contributed by atoms with Crippen molar-refractivity contribution in [1.82, 2.24) is 5.43 Å². The second-order valence-corrected chi connectivity index (χ2v) is 5.93. The van der Waals surface area contributed by atoms with Crippen LogP contribution >= 0.6 is 0 Å². The minimum atomic E-state index is -0.410. The Hall–Kier alpha value is -3.02. The first-order valence-electron chi connectivity index (χ1n) is 7.83. The molecule has 0 bridgehead atoms. The highest BCUT2D eigenvalue weighted by molar-refractivity contribution is 5.87. The number of amides is 1. The van der Waals surface area contributed by atoms with E-state index in [2.05, 4.69) is 10.5 Å². The van der Waals surface area contributed by atoms with Gasteiger partial charge in [0.25, 0.3) is 5.91 Å². The molecule has 3 N–H and O–H groups in total. The van der Waals surface area contributed by atoms with Crippen LogP contribution in [-0.2, 0) is 4.79 Å². The Balaban J connectivity index is 1.97. The van der Waals surface area contributed by atoms with E-state index in [0.717, 1.165) is 16.7 Å². The maximum atomic E-state index is 11.9. The van der Waals surface area contributed by atoms with Crippen molar-refractivity contribution in [3.8, 4) is 17.2 Å². The number of rotatable bonds is 5. The molecule has 0 saturated heterocycles. The van der Waals surface area contributed by atoms with Gasteiger partial charge in [-0.1, -0.05) is 12.1 Å². The molecule has 0 unspecified atom stereocenters. The highest BCUT2D eigenvalue weighted by Crippen LogP contribution is 2.26. The first-order valence-corrected chi connectivity index (χ1v) is 7.83. The first-order chi connectivity index (χ1) is 11.8. The lowest BCUT2D eigenvalue weighted by atomic mass is 10.1. The third-order valence-electron chi connectivity index (χ3n) is 3.95. The second-order valence-electron chi connectivity index (χ2n) is 5.93. The summed E-state index contributed by atoms with van der Waals surface area (Å²) in [4.78, 5) is 11.9. The van der Waals surface area contributed by atoms with Gasteiger partial charge in [-0.15, -0.1) is 0 Å². The Labute approximate surface area is 146 Å². The molecule has 0 radical (unpaired) electrons. The van der Waals surface area contributed by atoms with E-state index >= 15 is 0 Å². The van der Waals surface area contributed by atoms with Crippen LogP contribution in [-0.4, -0.2) is 28.9 Å². The average Bonchev–Trinajstić information content (AvgIpc) is 2.53. The number of carbonyl (C=O) groups excluding carboxylic acids is 1. The number of phenolic OH excluding ortho intramolecular Hbond substituents is 2. The van der Waals surface area contributed by atoms with Crippen LogP contribution in [0.2, 0.25) is 0 Å². The van der Waals surface area contributed by atoms with Gasteiger partial charge in [0.05, 0.1) is 6.21 Å². The van der Waals surface area contributed by atoms with E-state index in [1.165, 1.54) is 18.3 Å². The molecular formula is C19H22N2O4. The number of ether oxygens (including phenoxy) is 1. The fourth-order valence-corrected chi connectivity index (χ4v) is 2.42. The quantitative estimate of drug-likeness (QED) is 0.575. The van der Waals surface area contributed by atoms with Gasteiger partial charge in [0.1, 0.15) is 17.2 Å². The Morgan fingerprint density at radius 3 is 2.48 bits per heavy atom. The fourth-order valence-electron chi connectivity index (χ4n) is 2.42. The molecule has 2 aromatic carbocycles. The molecule has 0 atom stereocenters. The number of benzene rings is 2. The van der Waals surface area contributed by atoms with Crippen molar-refractivity contribution in [2.75, 3.05) is 6.61 Å². The van der Waals surface area contributed by atoms with E-state index in [1.54, 1.807) is 6.92 Å². The minimum absolute atomic E-state index is 0.0338. The van der Waals surface area contributed by atoms with Crippen molar-refractivity contribution in [2.45, 2.75) is 27.7 Å². The Bertz CT molecular complexity index is 805. The molecule has 25 heavy (non-hydrogen) atoms. The van der Waals surface area contributed by atoms with Crippen LogP contribution in [0.5, 0.6) is 17.2 Å². The van der Waals surface area contributed by atoms with Crippen LogP contribution in [0, 0.1) is 27.7 Å². The lowest BCUT2D eigenvalue weighted by molar-refractivity contribution is -0.123. The van der Waals surface area contributed by atoms with Crippen molar-refractivity contribution in [2.24, 2.45) is 5.10 Å². The van der Waals surface area contributed by atoms with Crippen LogP contribution in [0.4, 0.5) is 0 Å². The molecule has 1 amide bonds. The topological polar surface area (TPSA) is 91.2 Å². The third-order valence-corrected chi connectivity index (χ3v) is 3.95. The summed E-state index contributed by atoms with van der Waals surface area (Å²) >= 11 is 0. The SMILES string of the molecule is Cc1ccc(C)c(OCC(=O)NN=Cc2c(C)cc(O)cc2O)c1C. The van der Waals surface area contributed by atoms with Gasteiger partial charge < -0.3 is 14.9 Å². The van der Waals surface area contributed by atoms with Crippen LogP contribution < -0.4 is 10.2 Å². The van der Waals surface area contributed by atoms with Crippen LogP contribution in [0.15, 0.2) is 29.4 Å². The van der Waals surface area contributed by atoms with Crippen molar-refractivity contribution in [3.63, 3.8) is 0 Å². The molecule has 2 rings (SSSR count). The summed E-state index contributed by atoms with van der Waals surface area (Å²) in [5, 5.41) is 23.0. The summed E-state index contributed by atoms with van der Waals surface area (Å²) in [6.07, 6.45) is 1.32. The lowest BCUT2D eigenvalue weighted by Crippen LogP contribution is -2.25. The van der Waals surface area contributed by atoms with Crippen molar-refractivity contribution in [1.29, 1.82) is 0 Å². The van der Waals surface area contributed by atoms with Crippen LogP contribution in [0.1, 0.15) is 27.8 Å². The molecule has 0 aliphatic rings. The van der Waals surface area contributed by atoms with Gasteiger partial charge in [0.2, 0.25) is 0 Å². The van der Waals surface area contributed by atoms with Crippen LogP contribution in [0.3, 0.4) is 0 Å². The molecule has 6 heteroatoms. The zero-order valence-corrected chi connectivity index (χ0v) is 14.8. The van der Waals surface area contributed by atoms with Gasteiger partial charge in [-0.05, 0) is 56.0 Å². The zero-order chi connectivity index (χ0) is 18.6. The number of nitrogens with one attached hydrogen (secondary N) is 1. The lowest BCUT2D eigenvalue weighted by Gasteiger charge is -2.13. The Morgan fingerprint density at radius 1 is 1.12 bits per heavy atom. The Kier molecular flexibility index (Phi) is 5.64. The average molecular weight is 342 g/mol. The molecule has 132 valence electrons. The summed E-state index contributed by atoms with van der Waals surface area (Å²) in [6.45, 7) is 7.41. The summed E-state index contributed by atoms with van der Waals surface area (Å²) in [5.41, 5.74) is 6.47. The maximum Gasteiger partial charge on any atom is 0.277 e. The number of nitrogens with zero attached hydrogens (tertiary/aromatic N) is 1. The van der Waals surface area contributed by atoms with Gasteiger partial charge in [-0.3, -0.25) is 4.79 Å². The Morgan fingerprint density at radius 2 is 1.80 bits per heavy atom. The van der Waals surface area contributed by atoms with Gasteiger partial charge in [-0.2, -0.15) is 5.10 Å². The summed E-state index contributed by atoms with van der Waals surface area (Å²) < 4.78 is 5.61. The number of carbonyl (C=O) groups is 1. The van der Waals surface area contributed by atoms with Gasteiger partial charge in [0, 0.05) is 11.6 Å². The van der Waals surface area contributed by atoms with Gasteiger partial charge in [0.15, 0.2) is 6.61 Å². The fraction of sp³-hybridized carbons (Fsp3) is 0.263. The standard InChI is InChI=1S/C19H22N2O4/c1-11-5-6-12(2)19(14(11)4)25-10-18(24)21-20-9-16-13(3)7-15(22)8-17(16)23/h5-9,22-23H,10H2,1-4H3,(H,21,24). The molecular weight excluding hydrogens is 320 g/mol. The molecule has 0 heterocycles. The molecule has 2 aromatic rings. The van der Waals surface area contributed by atoms with Crippen LogP contribution in [0.25, 0.3) is 0 Å². The molecule has 0 saturated carbocycles. The first kappa shape index (κ1) is 18.3. The molecule has 0 spiro atoms. The molecule has 6 nitrogen and oxygen atoms in total. The van der Waals surface area contributed by atoms with E-state index in [0.29, 0.717) is 16.9 Å². The number of aromatic hydroxyl groups is 2. The summed E-state index contributed by atoms with van der Waals surface area (Å²) in [7, 11) is 0. The molecule has 0 fully saturated rings. The highest BCUT2D eigenvalue weighted by atomic mass is 16.5. The minimum Gasteiger partial charge on any atom is -0.508 e. The molecule has 0 aromatic heterocycles. The molecule has 0 aliphatic heterocycles. The second kappa shape index (κ2) is 7.70. The predicted octanol–water partition coefficient (Wildman–Crippen LogP) is 2.86. The summed E-state index contributed by atoms with van der Waals surface area (Å²) in [5.74, 6) is 0.143. The zero-order valence-electron chi connectivity index (χ0n) is 14.8. The van der Waals surface area contributed by atoms with E-state index in [9.17, 15) is 15.0 Å². The van der Waals surface area contributed by atoms with E-state index in [-0.39, 0.29) is 18.1 Å². The number of aryl methyl sites for hydroxylation is 3. The smallest absolute Gasteiger partial charge is 0.277 e. The van der Waals surface area contributed by atoms with E-state index < -0.39 is 5.91 Å². The van der Waals surface area contributed by atoms with E-state index in [4.69, 9.17) is 4.74 Å². The largest absolute Gasteiger partial charge is 0.508 e. The summed E-state index contributed by atoms with van der Waals surface area (Å²) in [6, 6.07) is 6.66. The number of hydrogen-bond donors (Lipinski definition) is 3. The number of hydrogen-bond acceptors (Lipinski definition) is 5. The normalized spacial score (nSPS) is 10.9. The van der Waals surface area contributed by atoms with E-state index in [1.807, 2.05) is 32.9 Å². The molecule has 0 aliphatic carbocycles. The van der Waals surface area contributed by atoms with Crippen molar-refractivity contribution < 1.29 is 19.7 Å². The van der Waals surface area contributed by atoms with Gasteiger partial charge in [-0.25, -0.2) is 5.43 Å². The third kappa shape index (κ3) is 4.50. The maximum absolute atomic E-state index is 11.9. The van der Waals surface area contributed by atoms with Crippen molar-refractivity contribution >= 4 is 12.1 Å². The predicted molar refractivity (Wildman–Crippen MR) is 96.4 cm³/mol. The van der Waals surface area contributed by atoms with Gasteiger partial charge >= 0.3 is 0 Å². The monoisotopic (exact) mass is 342 g/mol. The highest BCUT2D eigenvalue weighted by Gasteiger charge is 2.09. The number of hydrazone groups is 1.